The maximum Gasteiger partial charge on any atom is 0.237 e. The lowest BCUT2D eigenvalue weighted by atomic mass is 10.3. The Morgan fingerprint density at radius 2 is 2.03 bits per heavy atom. The van der Waals surface area contributed by atoms with Gasteiger partial charge in [-0.3, -0.25) is 9.59 Å². The molecule has 0 radical (unpaired) electrons. The first-order valence-corrected chi connectivity index (χ1v) is 11.6. The molecule has 10 heteroatoms. The zero-order valence-corrected chi connectivity index (χ0v) is 18.1. The number of rotatable bonds is 6. The number of hydrogen-bond donors (Lipinski definition) is 2. The van der Waals surface area contributed by atoms with Crippen LogP contribution < -0.4 is 15.4 Å². The lowest BCUT2D eigenvalue weighted by molar-refractivity contribution is -0.116. The third-order valence-electron chi connectivity index (χ3n) is 4.27. The summed E-state index contributed by atoms with van der Waals surface area (Å²) < 4.78 is 30.3. The van der Waals surface area contributed by atoms with Crippen molar-refractivity contribution in [2.45, 2.75) is 28.4 Å². The van der Waals surface area contributed by atoms with Crippen molar-refractivity contribution in [2.24, 2.45) is 0 Å². The topological polar surface area (TPSA) is 102 Å². The molecular formula is C19H19ClN2O5S2. The van der Waals surface area contributed by atoms with Gasteiger partial charge in [-0.25, -0.2) is 8.42 Å². The molecule has 0 aliphatic carbocycles. The summed E-state index contributed by atoms with van der Waals surface area (Å²) in [5.74, 6) is -0.516. The zero-order chi connectivity index (χ0) is 21.2. The molecule has 1 heterocycles. The Labute approximate surface area is 178 Å². The van der Waals surface area contributed by atoms with Crippen LogP contribution in [0.2, 0.25) is 5.02 Å². The summed E-state index contributed by atoms with van der Waals surface area (Å²) >= 11 is 7.39. The number of fused-ring (bicyclic) bond motifs is 1. The minimum atomic E-state index is -3.70. The molecule has 0 spiro atoms. The predicted octanol–water partition coefficient (Wildman–Crippen LogP) is 3.58. The summed E-state index contributed by atoms with van der Waals surface area (Å²) in [6.07, 6.45) is -0.221. The minimum Gasteiger partial charge on any atom is -0.495 e. The standard InChI is InChI=1S/C19H19ClN2O5S2/c1-11-19(24)22-15-10-13(4-6-17(15)28-11)29(25,26)8-7-18(23)21-12-3-5-16(27-2)14(20)9-12/h3-6,9-11H,7-8H2,1-2H3,(H,21,23)(H,22,24). The first-order valence-electron chi connectivity index (χ1n) is 8.67. The van der Waals surface area contributed by atoms with Gasteiger partial charge in [0, 0.05) is 17.0 Å². The smallest absolute Gasteiger partial charge is 0.237 e. The molecule has 1 aliphatic heterocycles. The van der Waals surface area contributed by atoms with Crippen LogP contribution in [0.1, 0.15) is 13.3 Å². The molecule has 3 rings (SSSR count). The van der Waals surface area contributed by atoms with E-state index in [0.29, 0.717) is 22.1 Å². The fraction of sp³-hybridized carbons (Fsp3) is 0.263. The number of carbonyl (C=O) groups excluding carboxylic acids is 2. The number of anilines is 2. The number of sulfone groups is 1. The van der Waals surface area contributed by atoms with E-state index in [1.54, 1.807) is 25.1 Å². The van der Waals surface area contributed by atoms with Gasteiger partial charge < -0.3 is 15.4 Å². The minimum absolute atomic E-state index is 0.0620. The highest BCUT2D eigenvalue weighted by Crippen LogP contribution is 2.37. The lowest BCUT2D eigenvalue weighted by Gasteiger charge is -2.21. The summed E-state index contributed by atoms with van der Waals surface area (Å²) in [6, 6.07) is 9.34. The highest BCUT2D eigenvalue weighted by Gasteiger charge is 2.25. The fourth-order valence-corrected chi connectivity index (χ4v) is 5.14. The number of halogens is 1. The van der Waals surface area contributed by atoms with Gasteiger partial charge in [-0.15, -0.1) is 11.8 Å². The Morgan fingerprint density at radius 1 is 1.28 bits per heavy atom. The highest BCUT2D eigenvalue weighted by atomic mass is 35.5. The van der Waals surface area contributed by atoms with E-state index in [0.717, 1.165) is 4.90 Å². The Balaban J connectivity index is 1.65. The molecule has 0 fully saturated rings. The van der Waals surface area contributed by atoms with Crippen molar-refractivity contribution in [3.8, 4) is 5.75 Å². The van der Waals surface area contributed by atoms with Gasteiger partial charge in [0.1, 0.15) is 5.75 Å². The second-order valence-corrected chi connectivity index (χ2v) is 10.3. The van der Waals surface area contributed by atoms with E-state index >= 15 is 0 Å². The Kier molecular flexibility index (Phi) is 6.40. The van der Waals surface area contributed by atoms with Crippen molar-refractivity contribution in [3.05, 3.63) is 41.4 Å². The maximum atomic E-state index is 12.6. The van der Waals surface area contributed by atoms with Gasteiger partial charge in [-0.2, -0.15) is 0 Å². The van der Waals surface area contributed by atoms with Crippen molar-refractivity contribution in [1.29, 1.82) is 0 Å². The normalized spacial score (nSPS) is 16.0. The average molecular weight is 455 g/mol. The molecule has 0 bridgehead atoms. The summed E-state index contributed by atoms with van der Waals surface area (Å²) in [7, 11) is -2.22. The summed E-state index contributed by atoms with van der Waals surface area (Å²) in [4.78, 5) is 24.8. The van der Waals surface area contributed by atoms with Gasteiger partial charge in [-0.1, -0.05) is 11.6 Å². The van der Waals surface area contributed by atoms with E-state index in [9.17, 15) is 18.0 Å². The number of thioether (sulfide) groups is 1. The molecule has 7 nitrogen and oxygen atoms in total. The van der Waals surface area contributed by atoms with Crippen LogP contribution in [-0.2, 0) is 19.4 Å². The molecular weight excluding hydrogens is 436 g/mol. The second kappa shape index (κ2) is 8.64. The van der Waals surface area contributed by atoms with Crippen LogP contribution in [0.15, 0.2) is 46.2 Å². The molecule has 2 aromatic carbocycles. The second-order valence-electron chi connectivity index (χ2n) is 6.37. The highest BCUT2D eigenvalue weighted by molar-refractivity contribution is 8.01. The van der Waals surface area contributed by atoms with Crippen LogP contribution in [0.4, 0.5) is 11.4 Å². The van der Waals surface area contributed by atoms with Crippen LogP contribution in [0.5, 0.6) is 5.75 Å². The van der Waals surface area contributed by atoms with Crippen LogP contribution in [-0.4, -0.2) is 38.3 Å². The molecule has 1 unspecified atom stereocenters. The van der Waals surface area contributed by atoms with Crippen molar-refractivity contribution >= 4 is 56.4 Å². The van der Waals surface area contributed by atoms with E-state index < -0.39 is 15.7 Å². The van der Waals surface area contributed by atoms with Gasteiger partial charge >= 0.3 is 0 Å². The fourth-order valence-electron chi connectivity index (χ4n) is 2.69. The Hall–Kier alpha value is -2.23. The number of nitrogens with one attached hydrogen (secondary N) is 2. The van der Waals surface area contributed by atoms with Crippen LogP contribution in [0.25, 0.3) is 0 Å². The molecule has 2 N–H and O–H groups in total. The molecule has 29 heavy (non-hydrogen) atoms. The van der Waals surface area contributed by atoms with Gasteiger partial charge in [0.15, 0.2) is 9.84 Å². The number of benzene rings is 2. The van der Waals surface area contributed by atoms with E-state index in [1.807, 2.05) is 0 Å². The quantitative estimate of drug-likeness (QED) is 0.691. The number of hydrogen-bond acceptors (Lipinski definition) is 6. The number of ether oxygens (including phenoxy) is 1. The van der Waals surface area contributed by atoms with E-state index in [-0.39, 0.29) is 28.2 Å². The summed E-state index contributed by atoms with van der Waals surface area (Å²) in [6.45, 7) is 1.78. The first kappa shape index (κ1) is 21.5. The maximum absolute atomic E-state index is 12.6. The Bertz CT molecular complexity index is 1070. The predicted molar refractivity (Wildman–Crippen MR) is 114 cm³/mol. The third-order valence-corrected chi connectivity index (χ3v) is 7.46. The van der Waals surface area contributed by atoms with Crippen molar-refractivity contribution in [3.63, 3.8) is 0 Å². The summed E-state index contributed by atoms with van der Waals surface area (Å²) in [5.41, 5.74) is 0.914. The van der Waals surface area contributed by atoms with Crippen LogP contribution in [0.3, 0.4) is 0 Å². The number of methoxy groups -OCH3 is 1. The number of carbonyl (C=O) groups is 2. The SMILES string of the molecule is COc1ccc(NC(=O)CCS(=O)(=O)c2ccc3c(c2)NC(=O)C(C)S3)cc1Cl. The van der Waals surface area contributed by atoms with Gasteiger partial charge in [-0.05, 0) is 43.3 Å². The summed E-state index contributed by atoms with van der Waals surface area (Å²) in [5, 5.41) is 5.42. The van der Waals surface area contributed by atoms with E-state index in [2.05, 4.69) is 10.6 Å². The molecule has 2 aromatic rings. The van der Waals surface area contributed by atoms with Gasteiger partial charge in [0.2, 0.25) is 11.8 Å². The van der Waals surface area contributed by atoms with E-state index in [4.69, 9.17) is 16.3 Å². The number of amides is 2. The lowest BCUT2D eigenvalue weighted by Crippen LogP contribution is -2.26. The van der Waals surface area contributed by atoms with Gasteiger partial charge in [0.05, 0.1) is 33.7 Å². The molecule has 1 aliphatic rings. The van der Waals surface area contributed by atoms with Crippen molar-refractivity contribution in [1.82, 2.24) is 0 Å². The van der Waals surface area contributed by atoms with Crippen LogP contribution >= 0.6 is 23.4 Å². The molecule has 1 atom stereocenters. The molecule has 0 aromatic heterocycles. The van der Waals surface area contributed by atoms with Crippen molar-refractivity contribution < 1.29 is 22.7 Å². The first-order chi connectivity index (χ1) is 13.7. The average Bonchev–Trinajstić information content (AvgIpc) is 2.67. The van der Waals surface area contributed by atoms with Crippen molar-refractivity contribution in [2.75, 3.05) is 23.5 Å². The third kappa shape index (κ3) is 5.04. The molecule has 154 valence electrons. The Morgan fingerprint density at radius 3 is 2.72 bits per heavy atom. The van der Waals surface area contributed by atoms with Gasteiger partial charge in [0.25, 0.3) is 0 Å². The van der Waals surface area contributed by atoms with E-state index in [1.165, 1.54) is 37.1 Å². The molecule has 2 amide bonds. The van der Waals surface area contributed by atoms with Crippen LogP contribution in [0, 0.1) is 0 Å². The molecule has 0 saturated carbocycles. The largest absolute Gasteiger partial charge is 0.495 e. The molecule has 0 saturated heterocycles. The monoisotopic (exact) mass is 454 g/mol. The zero-order valence-electron chi connectivity index (χ0n) is 15.7.